The van der Waals surface area contributed by atoms with Crippen LogP contribution >= 0.6 is 0 Å². The van der Waals surface area contributed by atoms with E-state index >= 15 is 0 Å². The maximum absolute atomic E-state index is 11.4. The van der Waals surface area contributed by atoms with Crippen molar-refractivity contribution in [3.63, 3.8) is 0 Å². The van der Waals surface area contributed by atoms with E-state index in [1.165, 1.54) is 0 Å². The van der Waals surface area contributed by atoms with E-state index in [2.05, 4.69) is 0 Å². The molecule has 1 rings (SSSR count). The minimum Gasteiger partial charge on any atom is -0.480 e. The molecular weight excluding hydrogens is 202 g/mol. The second-order valence-corrected chi connectivity index (χ2v) is 4.53. The van der Waals surface area contributed by atoms with Crippen LogP contribution < -0.4 is 5.73 Å². The Labute approximate surface area is 96.3 Å². The molecule has 2 unspecified atom stereocenters. The molecule has 0 aliphatic rings. The molecule has 0 amide bonds. The van der Waals surface area contributed by atoms with Crippen LogP contribution in [0.15, 0.2) is 30.3 Å². The molecule has 0 heterocycles. The van der Waals surface area contributed by atoms with Gasteiger partial charge in [-0.25, -0.2) is 0 Å². The van der Waals surface area contributed by atoms with Gasteiger partial charge in [0.05, 0.1) is 0 Å². The van der Waals surface area contributed by atoms with Gasteiger partial charge in [-0.3, -0.25) is 4.79 Å². The van der Waals surface area contributed by atoms with Gasteiger partial charge in [0.15, 0.2) is 0 Å². The van der Waals surface area contributed by atoms with Crippen LogP contribution in [0, 0.1) is 5.92 Å². The van der Waals surface area contributed by atoms with Crippen molar-refractivity contribution < 1.29 is 9.90 Å². The normalized spacial score (nSPS) is 16.8. The highest BCUT2D eigenvalue weighted by atomic mass is 16.4. The second-order valence-electron chi connectivity index (χ2n) is 4.53. The van der Waals surface area contributed by atoms with Crippen molar-refractivity contribution in [2.75, 3.05) is 0 Å². The molecule has 3 nitrogen and oxygen atoms in total. The number of hydrogen-bond donors (Lipinski definition) is 2. The first-order valence-corrected chi connectivity index (χ1v) is 5.48. The van der Waals surface area contributed by atoms with E-state index in [1.54, 1.807) is 0 Å². The van der Waals surface area contributed by atoms with E-state index in [1.807, 2.05) is 51.1 Å². The molecule has 1 aromatic rings. The quantitative estimate of drug-likeness (QED) is 0.819. The van der Waals surface area contributed by atoms with E-state index in [-0.39, 0.29) is 11.8 Å². The highest BCUT2D eigenvalue weighted by Crippen LogP contribution is 2.32. The summed E-state index contributed by atoms with van der Waals surface area (Å²) in [6.45, 7) is 5.55. The SMILES string of the molecule is CC(C)C(N)(C(=O)O)C(C)c1ccccc1. The van der Waals surface area contributed by atoms with Crippen molar-refractivity contribution >= 4 is 5.97 Å². The molecule has 0 spiro atoms. The van der Waals surface area contributed by atoms with Crippen LogP contribution in [0.2, 0.25) is 0 Å². The van der Waals surface area contributed by atoms with Crippen LogP contribution in [-0.2, 0) is 4.79 Å². The zero-order valence-electron chi connectivity index (χ0n) is 9.97. The molecule has 0 aliphatic carbocycles. The largest absolute Gasteiger partial charge is 0.480 e. The second kappa shape index (κ2) is 4.66. The molecule has 3 N–H and O–H groups in total. The summed E-state index contributed by atoms with van der Waals surface area (Å²) in [6.07, 6.45) is 0. The Hall–Kier alpha value is -1.35. The standard InChI is InChI=1S/C13H19NO2/c1-9(2)13(14,12(15)16)10(3)11-7-5-4-6-8-11/h4-10H,14H2,1-3H3,(H,15,16). The molecule has 0 bridgehead atoms. The lowest BCUT2D eigenvalue weighted by Gasteiger charge is -2.35. The smallest absolute Gasteiger partial charge is 0.324 e. The van der Waals surface area contributed by atoms with Gasteiger partial charge < -0.3 is 10.8 Å². The van der Waals surface area contributed by atoms with Crippen molar-refractivity contribution in [1.82, 2.24) is 0 Å². The summed E-state index contributed by atoms with van der Waals surface area (Å²) >= 11 is 0. The maximum Gasteiger partial charge on any atom is 0.324 e. The van der Waals surface area contributed by atoms with Gasteiger partial charge in [-0.1, -0.05) is 51.1 Å². The Morgan fingerprint density at radius 2 is 1.75 bits per heavy atom. The first-order valence-electron chi connectivity index (χ1n) is 5.48. The number of hydrogen-bond acceptors (Lipinski definition) is 2. The number of nitrogens with two attached hydrogens (primary N) is 1. The van der Waals surface area contributed by atoms with E-state index in [0.29, 0.717) is 0 Å². The summed E-state index contributed by atoms with van der Waals surface area (Å²) in [5, 5.41) is 9.31. The number of benzene rings is 1. The van der Waals surface area contributed by atoms with Crippen LogP contribution in [-0.4, -0.2) is 16.6 Å². The van der Waals surface area contributed by atoms with Crippen LogP contribution in [0.25, 0.3) is 0 Å². The van der Waals surface area contributed by atoms with Gasteiger partial charge in [0.1, 0.15) is 5.54 Å². The lowest BCUT2D eigenvalue weighted by molar-refractivity contribution is -0.146. The summed E-state index contributed by atoms with van der Waals surface area (Å²) in [5.74, 6) is -1.29. The zero-order chi connectivity index (χ0) is 12.3. The third-order valence-corrected chi connectivity index (χ3v) is 3.34. The van der Waals surface area contributed by atoms with Gasteiger partial charge >= 0.3 is 5.97 Å². The fraction of sp³-hybridized carbons (Fsp3) is 0.462. The molecule has 0 saturated carbocycles. The Bertz CT molecular complexity index is 361. The molecule has 2 atom stereocenters. The topological polar surface area (TPSA) is 63.3 Å². The number of carboxylic acids is 1. The monoisotopic (exact) mass is 221 g/mol. The Kier molecular flexibility index (Phi) is 3.70. The van der Waals surface area contributed by atoms with Crippen molar-refractivity contribution in [2.24, 2.45) is 11.7 Å². The van der Waals surface area contributed by atoms with Crippen molar-refractivity contribution in [3.8, 4) is 0 Å². The molecule has 0 radical (unpaired) electrons. The first kappa shape index (κ1) is 12.7. The zero-order valence-corrected chi connectivity index (χ0v) is 9.97. The number of carbonyl (C=O) groups is 1. The van der Waals surface area contributed by atoms with Gasteiger partial charge in [-0.05, 0) is 11.5 Å². The third kappa shape index (κ3) is 2.09. The molecule has 0 aromatic heterocycles. The van der Waals surface area contributed by atoms with E-state index in [9.17, 15) is 9.90 Å². The van der Waals surface area contributed by atoms with Crippen molar-refractivity contribution in [1.29, 1.82) is 0 Å². The number of aliphatic carboxylic acids is 1. The van der Waals surface area contributed by atoms with Gasteiger partial charge in [0.25, 0.3) is 0 Å². The van der Waals surface area contributed by atoms with E-state index in [0.717, 1.165) is 5.56 Å². The lowest BCUT2D eigenvalue weighted by atomic mass is 9.74. The summed E-state index contributed by atoms with van der Waals surface area (Å²) in [5.41, 5.74) is 5.80. The summed E-state index contributed by atoms with van der Waals surface area (Å²) in [4.78, 5) is 11.4. The van der Waals surface area contributed by atoms with Gasteiger partial charge in [0, 0.05) is 5.92 Å². The average molecular weight is 221 g/mol. The van der Waals surface area contributed by atoms with E-state index in [4.69, 9.17) is 5.73 Å². The molecule has 0 saturated heterocycles. The van der Waals surface area contributed by atoms with Gasteiger partial charge in [-0.2, -0.15) is 0 Å². The molecule has 16 heavy (non-hydrogen) atoms. The minimum absolute atomic E-state index is 0.125. The fourth-order valence-electron chi connectivity index (χ4n) is 1.95. The Balaban J connectivity index is 3.11. The Morgan fingerprint density at radius 1 is 1.25 bits per heavy atom. The minimum atomic E-state index is -1.22. The highest BCUT2D eigenvalue weighted by molar-refractivity contribution is 5.80. The molecule has 88 valence electrons. The average Bonchev–Trinajstić information content (AvgIpc) is 2.27. The van der Waals surface area contributed by atoms with Gasteiger partial charge in [-0.15, -0.1) is 0 Å². The first-order chi connectivity index (χ1) is 7.40. The van der Waals surface area contributed by atoms with Crippen molar-refractivity contribution in [2.45, 2.75) is 32.2 Å². The number of carboxylic acid groups (broad SMARTS) is 1. The molecule has 3 heteroatoms. The fourth-order valence-corrected chi connectivity index (χ4v) is 1.95. The molecule has 1 aromatic carbocycles. The van der Waals surface area contributed by atoms with Gasteiger partial charge in [0.2, 0.25) is 0 Å². The van der Waals surface area contributed by atoms with Crippen molar-refractivity contribution in [3.05, 3.63) is 35.9 Å². The third-order valence-electron chi connectivity index (χ3n) is 3.34. The predicted octanol–water partition coefficient (Wildman–Crippen LogP) is 2.23. The lowest BCUT2D eigenvalue weighted by Crippen LogP contribution is -2.56. The summed E-state index contributed by atoms with van der Waals surface area (Å²) in [7, 11) is 0. The molecule has 0 aliphatic heterocycles. The molecule has 0 fully saturated rings. The van der Waals surface area contributed by atoms with E-state index < -0.39 is 11.5 Å². The summed E-state index contributed by atoms with van der Waals surface area (Å²) in [6, 6.07) is 9.53. The summed E-state index contributed by atoms with van der Waals surface area (Å²) < 4.78 is 0. The van der Waals surface area contributed by atoms with Crippen LogP contribution in [0.1, 0.15) is 32.3 Å². The van der Waals surface area contributed by atoms with Crippen LogP contribution in [0.3, 0.4) is 0 Å². The Morgan fingerprint density at radius 3 is 2.12 bits per heavy atom. The molecular formula is C13H19NO2. The highest BCUT2D eigenvalue weighted by Gasteiger charge is 2.43. The van der Waals surface area contributed by atoms with Crippen LogP contribution in [0.4, 0.5) is 0 Å². The predicted molar refractivity (Wildman–Crippen MR) is 64.2 cm³/mol. The maximum atomic E-state index is 11.4. The van der Waals surface area contributed by atoms with Crippen LogP contribution in [0.5, 0.6) is 0 Å². The number of rotatable bonds is 4.